The summed E-state index contributed by atoms with van der Waals surface area (Å²) in [5.41, 5.74) is 0. The van der Waals surface area contributed by atoms with Gasteiger partial charge >= 0.3 is 0 Å². The van der Waals surface area contributed by atoms with Crippen LogP contribution in [0.1, 0.15) is 72.0 Å². The van der Waals surface area contributed by atoms with Crippen LogP contribution in [0, 0.1) is 0 Å². The number of halogens is 1. The zero-order valence-corrected chi connectivity index (χ0v) is 17.3. The summed E-state index contributed by atoms with van der Waals surface area (Å²) >= 11 is 0. The maximum Gasteiger partial charge on any atom is 0.198 e. The average Bonchev–Trinajstić information content (AvgIpc) is 2.70. The first-order valence-corrected chi connectivity index (χ1v) is 9.85. The van der Waals surface area contributed by atoms with Crippen LogP contribution in [0.5, 0.6) is 0 Å². The first-order chi connectivity index (χ1) is 12.1. The van der Waals surface area contributed by atoms with E-state index in [4.69, 9.17) is 4.89 Å². The maximum atomic E-state index is 9.98. The molecule has 0 aliphatic heterocycles. The summed E-state index contributed by atoms with van der Waals surface area (Å²) in [6.45, 7) is 12.0. The van der Waals surface area contributed by atoms with Crippen LogP contribution in [0.4, 0.5) is 10.3 Å². The summed E-state index contributed by atoms with van der Waals surface area (Å²) in [5.74, 6) is 1.72. The van der Waals surface area contributed by atoms with Gasteiger partial charge in [-0.2, -0.15) is 0 Å². The Morgan fingerprint density at radius 2 is 1.88 bits per heavy atom. The first kappa shape index (κ1) is 26.1. The molecular formula is C18H35FN3O2P. The summed E-state index contributed by atoms with van der Waals surface area (Å²) in [6.07, 6.45) is 11.4. The predicted molar refractivity (Wildman–Crippen MR) is 107 cm³/mol. The molecule has 25 heavy (non-hydrogen) atoms. The normalized spacial score (nSPS) is 13.6. The minimum Gasteiger partial charge on any atom is -0.357 e. The van der Waals surface area contributed by atoms with E-state index in [9.17, 15) is 4.53 Å². The Morgan fingerprint density at radius 3 is 2.32 bits per heavy atom. The van der Waals surface area contributed by atoms with Crippen LogP contribution < -0.4 is 4.90 Å². The monoisotopic (exact) mass is 375 g/mol. The molecule has 1 aromatic heterocycles. The van der Waals surface area contributed by atoms with Gasteiger partial charge in [0.25, 0.3) is 0 Å². The number of nitrogens with zero attached hydrogens (tertiary/aromatic N) is 3. The number of hydrogen-bond acceptors (Lipinski definition) is 5. The lowest BCUT2D eigenvalue weighted by Crippen LogP contribution is -2.34. The minimum absolute atomic E-state index is 0.640. The van der Waals surface area contributed by atoms with Gasteiger partial charge in [-0.15, -0.1) is 4.73 Å². The summed E-state index contributed by atoms with van der Waals surface area (Å²) in [5, 5.41) is 0. The smallest absolute Gasteiger partial charge is 0.198 e. The molecule has 2 rings (SSSR count). The van der Waals surface area contributed by atoms with Crippen molar-refractivity contribution >= 4 is 20.9 Å². The second-order valence-electron chi connectivity index (χ2n) is 5.26. The highest BCUT2D eigenvalue weighted by Crippen LogP contribution is 2.24. The van der Waals surface area contributed by atoms with Crippen LogP contribution in [-0.2, 0) is 4.73 Å². The fraction of sp³-hybridized carbons (Fsp3) is 0.667. The van der Waals surface area contributed by atoms with Crippen LogP contribution in [0.3, 0.4) is 0 Å². The van der Waals surface area contributed by atoms with Gasteiger partial charge in [-0.05, 0) is 29.5 Å². The van der Waals surface area contributed by atoms with Crippen LogP contribution in [0.25, 0.3) is 6.08 Å². The van der Waals surface area contributed by atoms with Gasteiger partial charge < -0.3 is 9.79 Å². The molecule has 1 aliphatic rings. The Balaban J connectivity index is 0. The van der Waals surface area contributed by atoms with Crippen molar-refractivity contribution in [3.8, 4) is 0 Å². The molecule has 1 heterocycles. The van der Waals surface area contributed by atoms with Crippen molar-refractivity contribution in [3.05, 3.63) is 24.7 Å². The van der Waals surface area contributed by atoms with Crippen LogP contribution in [0.15, 0.2) is 18.8 Å². The van der Waals surface area contributed by atoms with Crippen LogP contribution >= 0.6 is 9.03 Å². The molecule has 1 unspecified atom stereocenters. The lowest BCUT2D eigenvalue weighted by atomic mass is 9.94. The van der Waals surface area contributed by atoms with Gasteiger partial charge in [-0.1, -0.05) is 60.0 Å². The van der Waals surface area contributed by atoms with Crippen molar-refractivity contribution in [1.82, 2.24) is 9.97 Å². The molecule has 146 valence electrons. The molecule has 0 aromatic carbocycles. The Bertz CT molecular complexity index is 417. The number of anilines is 1. The molecule has 1 N–H and O–H groups in total. The summed E-state index contributed by atoms with van der Waals surface area (Å²) in [7, 11) is 1.10. The standard InChI is InChI=1S/C13H19N3.C3H8.C2H6.FH2O2P/c1-3-12-14-10-9-13(15-12)16(2)11-7-5-4-6-8-11;1-3-2;1-2;1-3-4-2/h3,9-11H,1,4-8H2,2H3;3H2,1-2H3;1-2H3;2,4H. The fourth-order valence-electron chi connectivity index (χ4n) is 2.31. The third-order valence-corrected chi connectivity index (χ3v) is 3.43. The molecule has 1 fully saturated rings. The Kier molecular flexibility index (Phi) is 20.1. The molecule has 0 saturated heterocycles. The molecule has 1 saturated carbocycles. The minimum atomic E-state index is -1.03. The van der Waals surface area contributed by atoms with Crippen molar-refractivity contribution in [2.75, 3.05) is 11.9 Å². The molecular weight excluding hydrogens is 340 g/mol. The largest absolute Gasteiger partial charge is 0.357 e. The lowest BCUT2D eigenvalue weighted by molar-refractivity contribution is 0.00400. The number of aromatic nitrogens is 2. The molecule has 1 aliphatic carbocycles. The molecule has 1 atom stereocenters. The second-order valence-corrected chi connectivity index (χ2v) is 5.59. The molecule has 5 nitrogen and oxygen atoms in total. The van der Waals surface area contributed by atoms with Gasteiger partial charge in [-0.25, -0.2) is 9.97 Å². The van der Waals surface area contributed by atoms with Gasteiger partial charge in [0.1, 0.15) is 5.82 Å². The Morgan fingerprint density at radius 1 is 1.36 bits per heavy atom. The fourth-order valence-corrected chi connectivity index (χ4v) is 2.31. The van der Waals surface area contributed by atoms with Crippen molar-refractivity contribution in [2.24, 2.45) is 0 Å². The third-order valence-electron chi connectivity index (χ3n) is 3.36. The number of rotatable bonds is 4. The van der Waals surface area contributed by atoms with Crippen LogP contribution in [-0.4, -0.2) is 28.0 Å². The van der Waals surface area contributed by atoms with Crippen molar-refractivity contribution in [2.45, 2.75) is 72.3 Å². The molecule has 0 spiro atoms. The summed E-state index contributed by atoms with van der Waals surface area (Å²) in [4.78, 5) is 18.2. The molecule has 0 amide bonds. The zero-order valence-electron chi connectivity index (χ0n) is 16.3. The Labute approximate surface area is 154 Å². The SMILES string of the molecule is C=Cc1nccc(N(C)C2CCCCC2)n1.CC.CCC.OPOF. The van der Waals surface area contributed by atoms with Gasteiger partial charge in [0.05, 0.1) is 0 Å². The molecule has 1 aromatic rings. The first-order valence-electron chi connectivity index (χ1n) is 8.99. The second kappa shape index (κ2) is 19.2. The van der Waals surface area contributed by atoms with Crippen molar-refractivity contribution in [1.29, 1.82) is 0 Å². The third kappa shape index (κ3) is 12.9. The average molecular weight is 375 g/mol. The van der Waals surface area contributed by atoms with E-state index in [0.29, 0.717) is 11.9 Å². The van der Waals surface area contributed by atoms with E-state index in [0.717, 1.165) is 5.82 Å². The van der Waals surface area contributed by atoms with E-state index in [1.807, 2.05) is 19.9 Å². The molecule has 0 radical (unpaired) electrons. The molecule has 7 heteroatoms. The van der Waals surface area contributed by atoms with E-state index in [1.165, 1.54) is 38.5 Å². The van der Waals surface area contributed by atoms with E-state index in [2.05, 4.69) is 47.1 Å². The van der Waals surface area contributed by atoms with Gasteiger partial charge in [0.2, 0.25) is 0 Å². The molecule has 0 bridgehead atoms. The highest BCUT2D eigenvalue weighted by atomic mass is 31.1. The van der Waals surface area contributed by atoms with E-state index in [1.54, 1.807) is 12.3 Å². The summed E-state index contributed by atoms with van der Waals surface area (Å²) < 4.78 is 12.6. The number of hydrogen-bond donors (Lipinski definition) is 1. The van der Waals surface area contributed by atoms with Crippen molar-refractivity contribution in [3.63, 3.8) is 0 Å². The van der Waals surface area contributed by atoms with E-state index >= 15 is 0 Å². The maximum absolute atomic E-state index is 9.98. The van der Waals surface area contributed by atoms with Gasteiger partial charge in [0, 0.05) is 19.3 Å². The zero-order chi connectivity index (χ0) is 19.5. The highest BCUT2D eigenvalue weighted by Gasteiger charge is 2.19. The topological polar surface area (TPSA) is 58.5 Å². The van der Waals surface area contributed by atoms with E-state index in [-0.39, 0.29) is 0 Å². The quantitative estimate of drug-likeness (QED) is 0.682. The van der Waals surface area contributed by atoms with Gasteiger partial charge in [-0.3, -0.25) is 0 Å². The lowest BCUT2D eigenvalue weighted by Gasteiger charge is -2.32. The summed E-state index contributed by atoms with van der Waals surface area (Å²) in [6, 6.07) is 2.61. The van der Waals surface area contributed by atoms with Crippen molar-refractivity contribution < 1.29 is 14.1 Å². The van der Waals surface area contributed by atoms with E-state index < -0.39 is 9.03 Å². The predicted octanol–water partition coefficient (Wildman–Crippen LogP) is 5.72. The highest BCUT2D eigenvalue weighted by molar-refractivity contribution is 7.24. The van der Waals surface area contributed by atoms with Gasteiger partial charge in [0.15, 0.2) is 14.9 Å². The van der Waals surface area contributed by atoms with Crippen LogP contribution in [0.2, 0.25) is 0 Å². The Hall–Kier alpha value is -1.10.